The number of benzene rings is 2. The summed E-state index contributed by atoms with van der Waals surface area (Å²) in [5, 5.41) is 0. The van der Waals surface area contributed by atoms with Crippen molar-refractivity contribution in [2.75, 3.05) is 6.61 Å². The van der Waals surface area contributed by atoms with Gasteiger partial charge in [-0.2, -0.15) is 0 Å². The molecule has 2 aromatic rings. The van der Waals surface area contributed by atoms with Gasteiger partial charge in [0.1, 0.15) is 12.6 Å². The average Bonchev–Trinajstić information content (AvgIpc) is 3.23. The van der Waals surface area contributed by atoms with Crippen LogP contribution in [0.5, 0.6) is 0 Å². The summed E-state index contributed by atoms with van der Waals surface area (Å²) >= 11 is 0. The average molecular weight is 574 g/mol. The van der Waals surface area contributed by atoms with Gasteiger partial charge in [0.15, 0.2) is 0 Å². The number of amides is 2. The van der Waals surface area contributed by atoms with Crippen LogP contribution in [0.25, 0.3) is 0 Å². The fourth-order valence-corrected chi connectivity index (χ4v) is 5.96. The van der Waals surface area contributed by atoms with Crippen molar-refractivity contribution >= 4 is 19.6 Å². The lowest BCUT2D eigenvalue weighted by Crippen LogP contribution is -2.44. The first-order valence-electron chi connectivity index (χ1n) is 13.2. The smallest absolute Gasteiger partial charge is 0.417 e. The third-order valence-corrected chi connectivity index (χ3v) is 7.43. The van der Waals surface area contributed by atoms with Crippen LogP contribution in [0.1, 0.15) is 83.0 Å². The second-order valence-electron chi connectivity index (χ2n) is 11.9. The molecule has 40 heavy (non-hydrogen) atoms. The van der Waals surface area contributed by atoms with Gasteiger partial charge in [-0.15, -0.1) is 6.58 Å². The zero-order valence-electron chi connectivity index (χ0n) is 24.0. The fourth-order valence-electron chi connectivity index (χ4n) is 4.69. The van der Waals surface area contributed by atoms with E-state index in [0.717, 1.165) is 16.0 Å². The molecule has 0 unspecified atom stereocenters. The molecule has 10 heteroatoms. The van der Waals surface area contributed by atoms with Crippen molar-refractivity contribution in [1.82, 2.24) is 4.90 Å². The Morgan fingerprint density at radius 1 is 1.05 bits per heavy atom. The third-order valence-electron chi connectivity index (χ3n) is 6.22. The van der Waals surface area contributed by atoms with Crippen molar-refractivity contribution in [2.24, 2.45) is 0 Å². The van der Waals surface area contributed by atoms with E-state index in [9.17, 15) is 23.9 Å². The number of imide groups is 1. The Labute approximate surface area is 236 Å². The highest BCUT2D eigenvalue weighted by atomic mass is 31.2. The van der Waals surface area contributed by atoms with Crippen LogP contribution in [0.2, 0.25) is 0 Å². The molecule has 2 N–H and O–H groups in total. The molecule has 9 nitrogen and oxygen atoms in total. The number of rotatable bonds is 10. The normalized spacial score (nSPS) is 17.4. The van der Waals surface area contributed by atoms with Gasteiger partial charge >= 0.3 is 19.2 Å². The Hall–Kier alpha value is -2.81. The van der Waals surface area contributed by atoms with Crippen LogP contribution < -0.4 is 0 Å². The second-order valence-corrected chi connectivity index (χ2v) is 13.5. The van der Waals surface area contributed by atoms with E-state index < -0.39 is 36.5 Å². The Balaban J connectivity index is 1.95. The molecule has 2 aromatic carbocycles. The summed E-state index contributed by atoms with van der Waals surface area (Å²) in [6.07, 6.45) is 1.44. The molecule has 1 heterocycles. The van der Waals surface area contributed by atoms with Crippen molar-refractivity contribution in [3.8, 4) is 0 Å². The Morgan fingerprint density at radius 2 is 1.60 bits per heavy atom. The molecule has 1 aliphatic heterocycles. The summed E-state index contributed by atoms with van der Waals surface area (Å²) < 4.78 is 30.1. The molecule has 2 amide bonds. The molecule has 1 fully saturated rings. The molecule has 1 aliphatic rings. The number of allylic oxidation sites excluding steroid dienone is 1. The number of hydrogen-bond acceptors (Lipinski definition) is 6. The molecular formula is C30H40NO8P. The zero-order chi connectivity index (χ0) is 29.9. The number of hydrogen-bond donors (Lipinski definition) is 2. The van der Waals surface area contributed by atoms with Gasteiger partial charge in [0, 0.05) is 12.0 Å². The highest BCUT2D eigenvalue weighted by molar-refractivity contribution is 7.52. The summed E-state index contributed by atoms with van der Waals surface area (Å²) in [5.74, 6) is -0.732. The standard InChI is InChI=1S/C30H40NO8P/c1-8-12-23(19-26(32)31-25(20-37-27(31)33)22-13-10-9-11-14-22)21-15-17-24(18-16-21)30(40(34,35)36,38-28(2,3)4)39-29(5,6)7/h8-11,13-18,23,25H,1,12,19-20H2,2-7H3,(H2,34,35,36)/t23-,25+/m0/s1. The van der Waals surface area contributed by atoms with E-state index in [4.69, 9.17) is 14.2 Å². The molecule has 0 radical (unpaired) electrons. The molecule has 0 aromatic heterocycles. The van der Waals surface area contributed by atoms with Crippen LogP contribution in [-0.2, 0) is 29.1 Å². The van der Waals surface area contributed by atoms with E-state index in [0.29, 0.717) is 6.42 Å². The minimum atomic E-state index is -5.03. The van der Waals surface area contributed by atoms with Gasteiger partial charge < -0.3 is 24.0 Å². The Kier molecular flexibility index (Phi) is 9.49. The maximum atomic E-state index is 13.4. The second kappa shape index (κ2) is 12.0. The van der Waals surface area contributed by atoms with E-state index in [2.05, 4.69) is 6.58 Å². The minimum absolute atomic E-state index is 0.00438. The number of ether oxygens (including phenoxy) is 3. The number of carbonyl (C=O) groups is 2. The predicted octanol–water partition coefficient (Wildman–Crippen LogP) is 6.37. The minimum Gasteiger partial charge on any atom is -0.446 e. The quantitative estimate of drug-likeness (QED) is 0.191. The molecule has 3 rings (SSSR count). The lowest BCUT2D eigenvalue weighted by molar-refractivity contribution is -0.279. The first-order valence-corrected chi connectivity index (χ1v) is 14.8. The lowest BCUT2D eigenvalue weighted by atomic mass is 9.91. The fraction of sp³-hybridized carbons (Fsp3) is 0.467. The third kappa shape index (κ3) is 7.47. The van der Waals surface area contributed by atoms with Crippen LogP contribution in [0.3, 0.4) is 0 Å². The summed E-state index contributed by atoms with van der Waals surface area (Å²) in [7, 11) is -5.03. The van der Waals surface area contributed by atoms with Gasteiger partial charge in [0.05, 0.1) is 11.2 Å². The predicted molar refractivity (Wildman–Crippen MR) is 151 cm³/mol. The molecular weight excluding hydrogens is 533 g/mol. The van der Waals surface area contributed by atoms with Gasteiger partial charge in [-0.05, 0) is 65.0 Å². The molecule has 1 saturated heterocycles. The van der Waals surface area contributed by atoms with E-state index in [1.807, 2.05) is 30.3 Å². The van der Waals surface area contributed by atoms with Crippen molar-refractivity contribution in [3.05, 3.63) is 83.9 Å². The summed E-state index contributed by atoms with van der Waals surface area (Å²) in [5.41, 5.74) is -2.59. The molecule has 0 saturated carbocycles. The number of carbonyl (C=O) groups excluding carboxylic acids is 2. The van der Waals surface area contributed by atoms with Gasteiger partial charge in [-0.1, -0.05) is 60.7 Å². The van der Waals surface area contributed by atoms with E-state index in [-0.39, 0.29) is 30.4 Å². The van der Waals surface area contributed by atoms with Gasteiger partial charge in [-0.3, -0.25) is 9.36 Å². The maximum absolute atomic E-state index is 13.4. The monoisotopic (exact) mass is 573 g/mol. The highest BCUT2D eigenvalue weighted by Gasteiger charge is 2.56. The molecule has 2 atom stereocenters. The zero-order valence-corrected chi connectivity index (χ0v) is 24.9. The Bertz CT molecular complexity index is 1230. The van der Waals surface area contributed by atoms with Gasteiger partial charge in [0.2, 0.25) is 5.91 Å². The van der Waals surface area contributed by atoms with Crippen molar-refractivity contribution in [1.29, 1.82) is 0 Å². The van der Waals surface area contributed by atoms with E-state index in [1.165, 1.54) is 0 Å². The summed E-state index contributed by atoms with van der Waals surface area (Å²) in [6, 6.07) is 15.2. The highest BCUT2D eigenvalue weighted by Crippen LogP contribution is 2.61. The molecule has 0 bridgehead atoms. The van der Waals surface area contributed by atoms with Crippen LogP contribution in [-0.4, -0.2) is 44.5 Å². The van der Waals surface area contributed by atoms with Gasteiger partial charge in [-0.25, -0.2) is 9.69 Å². The van der Waals surface area contributed by atoms with Crippen LogP contribution in [0.4, 0.5) is 4.79 Å². The van der Waals surface area contributed by atoms with Crippen LogP contribution in [0, 0.1) is 0 Å². The Morgan fingerprint density at radius 3 is 2.08 bits per heavy atom. The maximum Gasteiger partial charge on any atom is 0.417 e. The van der Waals surface area contributed by atoms with Crippen LogP contribution >= 0.6 is 7.60 Å². The van der Waals surface area contributed by atoms with Crippen LogP contribution in [0.15, 0.2) is 67.3 Å². The topological polar surface area (TPSA) is 123 Å². The molecule has 0 aliphatic carbocycles. The van der Waals surface area contributed by atoms with E-state index in [1.54, 1.807) is 71.9 Å². The first kappa shape index (κ1) is 31.7. The van der Waals surface area contributed by atoms with Crippen molar-refractivity contribution < 1.29 is 38.2 Å². The lowest BCUT2D eigenvalue weighted by Gasteiger charge is -2.43. The SMILES string of the molecule is C=CC[C@@H](CC(=O)N1C(=O)OC[C@@H]1c1ccccc1)c1ccc(C(OC(C)(C)C)(OC(C)(C)C)P(=O)(O)O)cc1. The summed E-state index contributed by atoms with van der Waals surface area (Å²) in [4.78, 5) is 48.1. The molecule has 218 valence electrons. The molecule has 0 spiro atoms. The van der Waals surface area contributed by atoms with E-state index >= 15 is 0 Å². The number of nitrogens with zero attached hydrogens (tertiary/aromatic N) is 1. The van der Waals surface area contributed by atoms with Gasteiger partial charge in [0.25, 0.3) is 0 Å². The van der Waals surface area contributed by atoms with Crippen molar-refractivity contribution in [2.45, 2.75) is 83.1 Å². The largest absolute Gasteiger partial charge is 0.446 e. The van der Waals surface area contributed by atoms with Crippen molar-refractivity contribution in [3.63, 3.8) is 0 Å². The first-order chi connectivity index (χ1) is 18.5. The number of cyclic esters (lactones) is 1. The summed E-state index contributed by atoms with van der Waals surface area (Å²) in [6.45, 7) is 14.0.